The van der Waals surface area contributed by atoms with Crippen LogP contribution in [0.5, 0.6) is 0 Å². The minimum Gasteiger partial charge on any atom is -0.360 e. The smallest absolute Gasteiger partial charge is 0.178 e. The van der Waals surface area contributed by atoms with E-state index < -0.39 is 0 Å². The number of H-pyrrole nitrogens is 1. The largest absolute Gasteiger partial charge is 0.360 e. The van der Waals surface area contributed by atoms with E-state index in [0.717, 1.165) is 35.5 Å². The minimum absolute atomic E-state index is 0.235. The van der Waals surface area contributed by atoms with Crippen molar-refractivity contribution < 1.29 is 4.79 Å². The zero-order chi connectivity index (χ0) is 13.9. The number of Topliss-reactive ketones (excluding diaryl/α,β-unsaturated/α-hetero) is 1. The summed E-state index contributed by atoms with van der Waals surface area (Å²) in [7, 11) is 0. The highest BCUT2D eigenvalue weighted by Gasteiger charge is 2.21. The number of nitrogens with one attached hydrogen (secondary N) is 1. The van der Waals surface area contributed by atoms with Crippen LogP contribution in [0.2, 0.25) is 0 Å². The molecule has 0 spiro atoms. The van der Waals surface area contributed by atoms with Crippen molar-refractivity contribution in [2.45, 2.75) is 26.2 Å². The van der Waals surface area contributed by atoms with Gasteiger partial charge in [-0.3, -0.25) is 9.69 Å². The second-order valence-electron chi connectivity index (χ2n) is 5.82. The summed E-state index contributed by atoms with van der Waals surface area (Å²) >= 11 is 0. The average Bonchev–Trinajstić information content (AvgIpc) is 2.91. The van der Waals surface area contributed by atoms with E-state index in [1.54, 1.807) is 0 Å². The molecule has 1 aromatic carbocycles. The molecule has 0 bridgehead atoms. The molecule has 1 N–H and O–H groups in total. The lowest BCUT2D eigenvalue weighted by Crippen LogP contribution is -2.38. The van der Waals surface area contributed by atoms with Gasteiger partial charge in [0.05, 0.1) is 6.54 Å². The van der Waals surface area contributed by atoms with Gasteiger partial charge in [-0.25, -0.2) is 0 Å². The van der Waals surface area contributed by atoms with Gasteiger partial charge in [0.25, 0.3) is 0 Å². The Bertz CT molecular complexity index is 602. The Labute approximate surface area is 120 Å². The Hall–Kier alpha value is -1.61. The van der Waals surface area contributed by atoms with Gasteiger partial charge in [-0.1, -0.05) is 31.5 Å². The molecule has 0 radical (unpaired) electrons. The first-order chi connectivity index (χ1) is 9.78. The number of carbonyl (C=O) groups is 1. The Morgan fingerprint density at radius 1 is 1.40 bits per heavy atom. The van der Waals surface area contributed by atoms with Gasteiger partial charge >= 0.3 is 0 Å². The standard InChI is InChI=1S/C17H22N2O/c1-2-13-6-5-9-19(11-13)12-17(20)15-10-18-16-8-4-3-7-14(15)16/h3-4,7-8,10,13,18H,2,5-6,9,11-12H2,1H3. The van der Waals surface area contributed by atoms with Gasteiger partial charge in [0.15, 0.2) is 5.78 Å². The van der Waals surface area contributed by atoms with E-state index in [4.69, 9.17) is 0 Å². The molecule has 2 heterocycles. The maximum Gasteiger partial charge on any atom is 0.178 e. The molecule has 2 aromatic rings. The predicted octanol–water partition coefficient (Wildman–Crippen LogP) is 3.47. The molecule has 1 aliphatic rings. The van der Waals surface area contributed by atoms with E-state index in [2.05, 4.69) is 16.8 Å². The van der Waals surface area contributed by atoms with Crippen molar-refractivity contribution in [2.75, 3.05) is 19.6 Å². The Balaban J connectivity index is 1.73. The molecule has 1 unspecified atom stereocenters. The first kappa shape index (κ1) is 13.4. The number of nitrogens with zero attached hydrogens (tertiary/aromatic N) is 1. The summed E-state index contributed by atoms with van der Waals surface area (Å²) in [5.41, 5.74) is 1.88. The molecule has 3 heteroatoms. The van der Waals surface area contributed by atoms with Gasteiger partial charge in [0, 0.05) is 29.2 Å². The molecule has 3 rings (SSSR count). The third kappa shape index (κ3) is 2.63. The lowest BCUT2D eigenvalue weighted by molar-refractivity contribution is 0.0886. The van der Waals surface area contributed by atoms with Crippen LogP contribution in [0.4, 0.5) is 0 Å². The highest BCUT2D eigenvalue weighted by Crippen LogP contribution is 2.21. The van der Waals surface area contributed by atoms with Crippen LogP contribution in [0, 0.1) is 5.92 Å². The number of hydrogen-bond acceptors (Lipinski definition) is 2. The van der Waals surface area contributed by atoms with Crippen molar-refractivity contribution in [3.8, 4) is 0 Å². The van der Waals surface area contributed by atoms with Crippen LogP contribution >= 0.6 is 0 Å². The highest BCUT2D eigenvalue weighted by molar-refractivity contribution is 6.08. The molecule has 0 saturated carbocycles. The number of aromatic amines is 1. The van der Waals surface area contributed by atoms with E-state index in [1.165, 1.54) is 19.3 Å². The SMILES string of the molecule is CCC1CCCN(CC(=O)c2c[nH]c3ccccc23)C1. The average molecular weight is 270 g/mol. The summed E-state index contributed by atoms with van der Waals surface area (Å²) in [6.07, 6.45) is 5.61. The van der Waals surface area contributed by atoms with Gasteiger partial charge < -0.3 is 4.98 Å². The number of carbonyl (C=O) groups excluding carboxylic acids is 1. The Morgan fingerprint density at radius 3 is 3.10 bits per heavy atom. The van der Waals surface area contributed by atoms with Gasteiger partial charge in [-0.15, -0.1) is 0 Å². The second-order valence-corrected chi connectivity index (χ2v) is 5.82. The maximum atomic E-state index is 12.5. The molecule has 1 saturated heterocycles. The third-order valence-electron chi connectivity index (χ3n) is 4.44. The number of likely N-dealkylation sites (tertiary alicyclic amines) is 1. The zero-order valence-electron chi connectivity index (χ0n) is 12.1. The fourth-order valence-corrected chi connectivity index (χ4v) is 3.22. The number of piperidine rings is 1. The van der Waals surface area contributed by atoms with Crippen LogP contribution in [0.1, 0.15) is 36.5 Å². The molecule has 1 atom stereocenters. The van der Waals surface area contributed by atoms with Crippen LogP contribution in [-0.2, 0) is 0 Å². The third-order valence-corrected chi connectivity index (χ3v) is 4.44. The first-order valence-corrected chi connectivity index (χ1v) is 7.59. The Morgan fingerprint density at radius 2 is 2.25 bits per heavy atom. The number of hydrogen-bond donors (Lipinski definition) is 1. The zero-order valence-corrected chi connectivity index (χ0v) is 12.1. The van der Waals surface area contributed by atoms with Gasteiger partial charge in [0.2, 0.25) is 0 Å². The summed E-state index contributed by atoms with van der Waals surface area (Å²) in [6.45, 7) is 4.93. The maximum absolute atomic E-state index is 12.5. The van der Waals surface area contributed by atoms with Crippen molar-refractivity contribution in [2.24, 2.45) is 5.92 Å². The van der Waals surface area contributed by atoms with Crippen molar-refractivity contribution in [3.63, 3.8) is 0 Å². The topological polar surface area (TPSA) is 36.1 Å². The lowest BCUT2D eigenvalue weighted by Gasteiger charge is -2.31. The van der Waals surface area contributed by atoms with E-state index >= 15 is 0 Å². The van der Waals surface area contributed by atoms with E-state index in [-0.39, 0.29) is 5.78 Å². The van der Waals surface area contributed by atoms with Crippen molar-refractivity contribution in [1.82, 2.24) is 9.88 Å². The normalized spacial score (nSPS) is 20.4. The summed E-state index contributed by atoms with van der Waals surface area (Å²) < 4.78 is 0. The van der Waals surface area contributed by atoms with Crippen LogP contribution in [0.15, 0.2) is 30.5 Å². The van der Waals surface area contributed by atoms with E-state index in [0.29, 0.717) is 6.54 Å². The van der Waals surface area contributed by atoms with Crippen LogP contribution in [0.25, 0.3) is 10.9 Å². The molecule has 1 aromatic heterocycles. The van der Waals surface area contributed by atoms with Crippen LogP contribution in [-0.4, -0.2) is 35.3 Å². The van der Waals surface area contributed by atoms with Gasteiger partial charge in [-0.05, 0) is 31.4 Å². The second kappa shape index (κ2) is 5.80. The Kier molecular flexibility index (Phi) is 3.88. The predicted molar refractivity (Wildman–Crippen MR) is 82.1 cm³/mol. The molecule has 20 heavy (non-hydrogen) atoms. The number of aromatic nitrogens is 1. The van der Waals surface area contributed by atoms with E-state index in [1.807, 2.05) is 30.5 Å². The summed E-state index contributed by atoms with van der Waals surface area (Å²) in [5, 5.41) is 1.04. The number of benzene rings is 1. The number of fused-ring (bicyclic) bond motifs is 1. The quantitative estimate of drug-likeness (QED) is 0.864. The molecular formula is C17H22N2O. The first-order valence-electron chi connectivity index (χ1n) is 7.59. The molecule has 3 nitrogen and oxygen atoms in total. The summed E-state index contributed by atoms with van der Waals surface area (Å²) in [6, 6.07) is 8.01. The summed E-state index contributed by atoms with van der Waals surface area (Å²) in [4.78, 5) is 18.0. The molecule has 1 aliphatic heterocycles. The fourth-order valence-electron chi connectivity index (χ4n) is 3.22. The van der Waals surface area contributed by atoms with Gasteiger partial charge in [0.1, 0.15) is 0 Å². The summed E-state index contributed by atoms with van der Waals surface area (Å²) in [5.74, 6) is 0.999. The molecule has 1 fully saturated rings. The van der Waals surface area contributed by atoms with Crippen molar-refractivity contribution >= 4 is 16.7 Å². The molecule has 106 valence electrons. The van der Waals surface area contributed by atoms with Crippen molar-refractivity contribution in [3.05, 3.63) is 36.0 Å². The molecular weight excluding hydrogens is 248 g/mol. The van der Waals surface area contributed by atoms with Crippen LogP contribution < -0.4 is 0 Å². The number of para-hydroxylation sites is 1. The lowest BCUT2D eigenvalue weighted by atomic mass is 9.95. The van der Waals surface area contributed by atoms with Gasteiger partial charge in [-0.2, -0.15) is 0 Å². The van der Waals surface area contributed by atoms with Crippen molar-refractivity contribution in [1.29, 1.82) is 0 Å². The molecule has 0 aliphatic carbocycles. The molecule has 0 amide bonds. The number of rotatable bonds is 4. The monoisotopic (exact) mass is 270 g/mol. The number of ketones is 1. The van der Waals surface area contributed by atoms with E-state index in [9.17, 15) is 4.79 Å². The highest BCUT2D eigenvalue weighted by atomic mass is 16.1. The van der Waals surface area contributed by atoms with Crippen LogP contribution in [0.3, 0.4) is 0 Å². The fraction of sp³-hybridized carbons (Fsp3) is 0.471. The minimum atomic E-state index is 0.235.